The highest BCUT2D eigenvalue weighted by atomic mass is 19.4. The maximum atomic E-state index is 13.6. The summed E-state index contributed by atoms with van der Waals surface area (Å²) in [5.41, 5.74) is -1.00. The standard InChI is InChI=1S/C22H27F3N4O2/c1-15-11-21(14-26-12-15,28-19(30)13-29-7-9-31-10-8-29)17-4-5-18(22(23,24)25)20-16(17)3-2-6-27-20/h2-6,15,26H,7-14H2,1H3,(H,28,30)/t15-,21-/m0/s1. The topological polar surface area (TPSA) is 66.5 Å². The van der Waals surface area contributed by atoms with E-state index in [4.69, 9.17) is 4.74 Å². The van der Waals surface area contributed by atoms with Gasteiger partial charge in [0, 0.05) is 31.2 Å². The molecule has 2 atom stereocenters. The van der Waals surface area contributed by atoms with Gasteiger partial charge in [-0.05, 0) is 36.6 Å². The van der Waals surface area contributed by atoms with E-state index in [-0.39, 0.29) is 23.9 Å². The van der Waals surface area contributed by atoms with Crippen molar-refractivity contribution in [1.29, 1.82) is 0 Å². The Morgan fingerprint density at radius 1 is 1.32 bits per heavy atom. The van der Waals surface area contributed by atoms with Gasteiger partial charge in [0.2, 0.25) is 5.91 Å². The molecule has 1 amide bonds. The summed E-state index contributed by atoms with van der Waals surface area (Å²) in [6.45, 7) is 6.08. The number of nitrogens with zero attached hydrogens (tertiary/aromatic N) is 2. The van der Waals surface area contributed by atoms with Gasteiger partial charge in [-0.2, -0.15) is 13.2 Å². The molecule has 2 aliphatic heterocycles. The quantitative estimate of drug-likeness (QED) is 0.771. The number of fused-ring (bicyclic) bond motifs is 1. The van der Waals surface area contributed by atoms with E-state index in [2.05, 4.69) is 22.5 Å². The predicted molar refractivity (Wildman–Crippen MR) is 110 cm³/mol. The van der Waals surface area contributed by atoms with Gasteiger partial charge in [-0.1, -0.05) is 19.1 Å². The van der Waals surface area contributed by atoms with Crippen LogP contribution in [0.25, 0.3) is 10.9 Å². The molecule has 2 fully saturated rings. The molecule has 168 valence electrons. The minimum atomic E-state index is -4.50. The molecule has 9 heteroatoms. The second-order valence-corrected chi connectivity index (χ2v) is 8.52. The number of benzene rings is 1. The van der Waals surface area contributed by atoms with Gasteiger partial charge >= 0.3 is 6.18 Å². The molecule has 0 radical (unpaired) electrons. The number of halogens is 3. The van der Waals surface area contributed by atoms with Crippen molar-refractivity contribution in [2.45, 2.75) is 25.1 Å². The lowest BCUT2D eigenvalue weighted by molar-refractivity contribution is -0.136. The summed E-state index contributed by atoms with van der Waals surface area (Å²) in [6.07, 6.45) is -2.51. The smallest absolute Gasteiger partial charge is 0.379 e. The first-order chi connectivity index (χ1) is 14.8. The van der Waals surface area contributed by atoms with E-state index in [0.29, 0.717) is 50.2 Å². The van der Waals surface area contributed by atoms with E-state index in [1.807, 2.05) is 4.90 Å². The fourth-order valence-electron chi connectivity index (χ4n) is 4.73. The third-order valence-corrected chi connectivity index (χ3v) is 6.06. The zero-order valence-electron chi connectivity index (χ0n) is 17.5. The van der Waals surface area contributed by atoms with Gasteiger partial charge < -0.3 is 15.4 Å². The average molecular weight is 436 g/mol. The van der Waals surface area contributed by atoms with Gasteiger partial charge in [0.25, 0.3) is 0 Å². The van der Waals surface area contributed by atoms with Crippen molar-refractivity contribution < 1.29 is 22.7 Å². The maximum Gasteiger partial charge on any atom is 0.418 e. The van der Waals surface area contributed by atoms with Crippen molar-refractivity contribution in [2.24, 2.45) is 5.92 Å². The molecule has 3 heterocycles. The molecule has 31 heavy (non-hydrogen) atoms. The van der Waals surface area contributed by atoms with Crippen molar-refractivity contribution >= 4 is 16.8 Å². The monoisotopic (exact) mass is 436 g/mol. The van der Waals surface area contributed by atoms with Crippen LogP contribution in [0.2, 0.25) is 0 Å². The minimum Gasteiger partial charge on any atom is -0.379 e. The van der Waals surface area contributed by atoms with Crippen LogP contribution in [0.4, 0.5) is 13.2 Å². The summed E-state index contributed by atoms with van der Waals surface area (Å²) >= 11 is 0. The van der Waals surface area contributed by atoms with Crippen LogP contribution >= 0.6 is 0 Å². The van der Waals surface area contributed by atoms with Gasteiger partial charge in [-0.25, -0.2) is 0 Å². The van der Waals surface area contributed by atoms with Crippen LogP contribution in [0.1, 0.15) is 24.5 Å². The molecule has 0 aliphatic carbocycles. The van der Waals surface area contributed by atoms with Gasteiger partial charge in [0.1, 0.15) is 0 Å². The number of morpholine rings is 1. The summed E-state index contributed by atoms with van der Waals surface area (Å²) in [7, 11) is 0. The van der Waals surface area contributed by atoms with Crippen LogP contribution in [0.3, 0.4) is 0 Å². The Bertz CT molecular complexity index is 946. The number of hydrogen-bond acceptors (Lipinski definition) is 5. The molecule has 0 unspecified atom stereocenters. The molecule has 4 rings (SSSR count). The number of carbonyl (C=O) groups is 1. The van der Waals surface area contributed by atoms with Crippen LogP contribution in [0, 0.1) is 5.92 Å². The Balaban J connectivity index is 1.73. The Hall–Kier alpha value is -2.23. The first kappa shape index (κ1) is 22.0. The lowest BCUT2D eigenvalue weighted by atomic mass is 9.77. The number of alkyl halides is 3. The molecule has 2 aliphatic rings. The third kappa shape index (κ3) is 4.68. The Labute approximate surface area is 179 Å². The second kappa shape index (κ2) is 8.72. The van der Waals surface area contributed by atoms with E-state index >= 15 is 0 Å². The largest absolute Gasteiger partial charge is 0.418 e. The number of piperidine rings is 1. The van der Waals surface area contributed by atoms with Crippen molar-refractivity contribution in [3.63, 3.8) is 0 Å². The molecule has 0 saturated carbocycles. The summed E-state index contributed by atoms with van der Waals surface area (Å²) in [5.74, 6) is 0.0983. The molecule has 1 aromatic carbocycles. The number of rotatable bonds is 4. The van der Waals surface area contributed by atoms with Crippen molar-refractivity contribution in [3.05, 3.63) is 41.6 Å². The summed E-state index contributed by atoms with van der Waals surface area (Å²) in [4.78, 5) is 19.1. The average Bonchev–Trinajstić information content (AvgIpc) is 2.72. The number of amides is 1. The summed E-state index contributed by atoms with van der Waals surface area (Å²) < 4.78 is 46.1. The van der Waals surface area contributed by atoms with Crippen LogP contribution in [0.15, 0.2) is 30.5 Å². The highest BCUT2D eigenvalue weighted by molar-refractivity contribution is 5.88. The highest BCUT2D eigenvalue weighted by Crippen LogP contribution is 2.40. The summed E-state index contributed by atoms with van der Waals surface area (Å²) in [6, 6.07) is 5.87. The minimum absolute atomic E-state index is 0.0903. The van der Waals surface area contributed by atoms with Crippen molar-refractivity contribution in [3.8, 4) is 0 Å². The molecule has 1 aromatic heterocycles. The molecule has 2 aromatic rings. The van der Waals surface area contributed by atoms with Gasteiger partial charge in [-0.3, -0.25) is 14.7 Å². The Morgan fingerprint density at radius 2 is 2.10 bits per heavy atom. The molecular formula is C22H27F3N4O2. The molecule has 0 bridgehead atoms. The van der Waals surface area contributed by atoms with E-state index in [1.54, 1.807) is 12.1 Å². The van der Waals surface area contributed by atoms with Gasteiger partial charge in [-0.15, -0.1) is 0 Å². The third-order valence-electron chi connectivity index (χ3n) is 6.06. The molecule has 2 saturated heterocycles. The predicted octanol–water partition coefficient (Wildman–Crippen LogP) is 2.53. The zero-order valence-corrected chi connectivity index (χ0v) is 17.5. The zero-order chi connectivity index (χ0) is 22.1. The number of carbonyl (C=O) groups excluding carboxylic acids is 1. The van der Waals surface area contributed by atoms with Gasteiger partial charge in [0.15, 0.2) is 0 Å². The van der Waals surface area contributed by atoms with E-state index < -0.39 is 17.3 Å². The molecular weight excluding hydrogens is 409 g/mol. The summed E-state index contributed by atoms with van der Waals surface area (Å²) in [5, 5.41) is 6.95. The fourth-order valence-corrected chi connectivity index (χ4v) is 4.73. The molecule has 6 nitrogen and oxygen atoms in total. The first-order valence-corrected chi connectivity index (χ1v) is 10.6. The Morgan fingerprint density at radius 3 is 2.81 bits per heavy atom. The number of ether oxygens (including phenoxy) is 1. The number of aromatic nitrogens is 1. The number of pyridine rings is 1. The van der Waals surface area contributed by atoms with Gasteiger partial charge in [0.05, 0.1) is 36.4 Å². The number of hydrogen-bond donors (Lipinski definition) is 2. The van der Waals surface area contributed by atoms with E-state index in [1.165, 1.54) is 12.3 Å². The fraction of sp³-hybridized carbons (Fsp3) is 0.545. The lowest BCUT2D eigenvalue weighted by Crippen LogP contribution is -2.59. The maximum absolute atomic E-state index is 13.6. The molecule has 2 N–H and O–H groups in total. The normalized spacial score (nSPS) is 25.5. The number of nitrogens with one attached hydrogen (secondary N) is 2. The van der Waals surface area contributed by atoms with Crippen molar-refractivity contribution in [2.75, 3.05) is 45.9 Å². The van der Waals surface area contributed by atoms with Crippen LogP contribution in [0.5, 0.6) is 0 Å². The van der Waals surface area contributed by atoms with E-state index in [0.717, 1.165) is 12.6 Å². The van der Waals surface area contributed by atoms with Crippen LogP contribution in [-0.2, 0) is 21.2 Å². The van der Waals surface area contributed by atoms with Crippen LogP contribution in [-0.4, -0.2) is 61.7 Å². The highest BCUT2D eigenvalue weighted by Gasteiger charge is 2.41. The SMILES string of the molecule is C[C@@H]1CNC[C@](NC(=O)CN2CCOCC2)(c2ccc(C(F)(F)F)c3ncccc23)C1. The van der Waals surface area contributed by atoms with E-state index in [9.17, 15) is 18.0 Å². The van der Waals surface area contributed by atoms with Crippen molar-refractivity contribution in [1.82, 2.24) is 20.5 Å². The molecule has 0 spiro atoms. The first-order valence-electron chi connectivity index (χ1n) is 10.6. The van der Waals surface area contributed by atoms with Crippen LogP contribution < -0.4 is 10.6 Å². The lowest BCUT2D eigenvalue weighted by Gasteiger charge is -2.43. The Kier molecular flexibility index (Phi) is 6.18. The second-order valence-electron chi connectivity index (χ2n) is 8.52.